The maximum atomic E-state index is 12.7. The van der Waals surface area contributed by atoms with Crippen LogP contribution in [-0.2, 0) is 4.79 Å². The lowest BCUT2D eigenvalue weighted by molar-refractivity contribution is -0.119. The molecule has 23 heavy (non-hydrogen) atoms. The Kier molecular flexibility index (Phi) is 5.65. The molecule has 7 heteroatoms. The van der Waals surface area contributed by atoms with Crippen LogP contribution in [0.5, 0.6) is 0 Å². The summed E-state index contributed by atoms with van der Waals surface area (Å²) in [6, 6.07) is 5.44. The van der Waals surface area contributed by atoms with Crippen LogP contribution in [0.3, 0.4) is 0 Å². The van der Waals surface area contributed by atoms with E-state index >= 15 is 0 Å². The molecular formula is C16H23N5OS. The minimum Gasteiger partial charge on any atom is -0.368 e. The first-order valence-corrected chi connectivity index (χ1v) is 8.67. The first kappa shape index (κ1) is 17.3. The van der Waals surface area contributed by atoms with Crippen molar-refractivity contribution in [2.75, 3.05) is 16.8 Å². The van der Waals surface area contributed by atoms with Gasteiger partial charge in [-0.05, 0) is 49.3 Å². The van der Waals surface area contributed by atoms with Crippen LogP contribution < -0.4 is 11.1 Å². The van der Waals surface area contributed by atoms with Crippen LogP contribution in [0.2, 0.25) is 0 Å². The molecule has 0 aliphatic rings. The highest BCUT2D eigenvalue weighted by Gasteiger charge is 2.24. The summed E-state index contributed by atoms with van der Waals surface area (Å²) in [5.41, 5.74) is 9.04. The number of nitrogens with one attached hydrogen (secondary N) is 1. The average Bonchev–Trinajstić information content (AvgIpc) is 2.86. The predicted molar refractivity (Wildman–Crippen MR) is 94.7 cm³/mol. The van der Waals surface area contributed by atoms with Gasteiger partial charge >= 0.3 is 0 Å². The average molecular weight is 333 g/mol. The molecule has 0 saturated carbocycles. The molecule has 1 aromatic carbocycles. The molecular weight excluding hydrogens is 310 g/mol. The molecule has 124 valence electrons. The fourth-order valence-electron chi connectivity index (χ4n) is 2.34. The van der Waals surface area contributed by atoms with Crippen LogP contribution >= 0.6 is 11.8 Å². The van der Waals surface area contributed by atoms with Gasteiger partial charge in [0.15, 0.2) is 5.16 Å². The molecule has 6 nitrogen and oxygen atoms in total. The van der Waals surface area contributed by atoms with Crippen LogP contribution in [0, 0.1) is 13.8 Å². The van der Waals surface area contributed by atoms with E-state index in [0.29, 0.717) is 11.6 Å². The summed E-state index contributed by atoms with van der Waals surface area (Å²) < 4.78 is 1.71. The lowest BCUT2D eigenvalue weighted by atomic mass is 10.1. The number of nitrogens with zero attached hydrogens (tertiary/aromatic N) is 3. The summed E-state index contributed by atoms with van der Waals surface area (Å²) in [6.45, 7) is 8.04. The highest BCUT2D eigenvalue weighted by atomic mass is 32.2. The van der Waals surface area contributed by atoms with Gasteiger partial charge in [-0.25, -0.2) is 0 Å². The highest BCUT2D eigenvalue weighted by molar-refractivity contribution is 7.99. The highest BCUT2D eigenvalue weighted by Crippen LogP contribution is 2.26. The Bertz CT molecular complexity index is 698. The van der Waals surface area contributed by atoms with Gasteiger partial charge in [-0.2, -0.15) is 0 Å². The van der Waals surface area contributed by atoms with E-state index in [0.717, 1.165) is 17.0 Å². The molecule has 2 aromatic rings. The predicted octanol–water partition coefficient (Wildman–Crippen LogP) is 3.18. The second-order valence-corrected chi connectivity index (χ2v) is 6.59. The number of rotatable bonds is 6. The van der Waals surface area contributed by atoms with Gasteiger partial charge in [0, 0.05) is 5.69 Å². The third-order valence-corrected chi connectivity index (χ3v) is 4.57. The smallest absolute Gasteiger partial charge is 0.247 e. The van der Waals surface area contributed by atoms with Crippen molar-refractivity contribution in [3.8, 4) is 0 Å². The van der Waals surface area contributed by atoms with Gasteiger partial charge < -0.3 is 11.1 Å². The van der Waals surface area contributed by atoms with E-state index in [-0.39, 0.29) is 11.9 Å². The summed E-state index contributed by atoms with van der Waals surface area (Å²) in [6.07, 6.45) is 0.607. The molecule has 2 rings (SSSR count). The van der Waals surface area contributed by atoms with E-state index in [4.69, 9.17) is 5.73 Å². The van der Waals surface area contributed by atoms with E-state index in [9.17, 15) is 4.79 Å². The second-order valence-electron chi connectivity index (χ2n) is 5.36. The van der Waals surface area contributed by atoms with Crippen LogP contribution in [0.4, 0.5) is 11.6 Å². The van der Waals surface area contributed by atoms with E-state index in [1.165, 1.54) is 17.3 Å². The summed E-state index contributed by atoms with van der Waals surface area (Å²) in [5.74, 6) is 0.996. The van der Waals surface area contributed by atoms with Crippen molar-refractivity contribution in [1.82, 2.24) is 14.8 Å². The molecule has 0 saturated heterocycles. The Hall–Kier alpha value is -2.02. The number of nitrogen functional groups attached to an aromatic ring is 1. The Labute approximate surface area is 140 Å². The minimum absolute atomic E-state index is 0.111. The number of anilines is 2. The molecule has 0 aliphatic carbocycles. The fraction of sp³-hybridized carbons (Fsp3) is 0.438. The number of aryl methyl sites for hydroxylation is 2. The third kappa shape index (κ3) is 3.85. The summed E-state index contributed by atoms with van der Waals surface area (Å²) in [4.78, 5) is 12.7. The number of amides is 1. The zero-order chi connectivity index (χ0) is 17.0. The molecule has 0 spiro atoms. The molecule has 1 amide bonds. The zero-order valence-corrected chi connectivity index (χ0v) is 14.8. The second kappa shape index (κ2) is 7.50. The molecule has 0 bridgehead atoms. The molecule has 1 aromatic heterocycles. The Balaban J connectivity index is 2.25. The van der Waals surface area contributed by atoms with Gasteiger partial charge in [-0.1, -0.05) is 31.7 Å². The first-order chi connectivity index (χ1) is 11.0. The van der Waals surface area contributed by atoms with E-state index in [2.05, 4.69) is 15.5 Å². The number of hydrogen-bond acceptors (Lipinski definition) is 5. The van der Waals surface area contributed by atoms with Crippen LogP contribution in [0.1, 0.15) is 37.4 Å². The monoisotopic (exact) mass is 333 g/mol. The van der Waals surface area contributed by atoms with Gasteiger partial charge in [0.05, 0.1) is 0 Å². The summed E-state index contributed by atoms with van der Waals surface area (Å²) >= 11 is 1.52. The van der Waals surface area contributed by atoms with E-state index in [1.54, 1.807) is 4.57 Å². The maximum Gasteiger partial charge on any atom is 0.247 e. The molecule has 1 heterocycles. The first-order valence-electron chi connectivity index (χ1n) is 7.69. The Morgan fingerprint density at radius 1 is 1.30 bits per heavy atom. The molecule has 3 N–H and O–H groups in total. The lowest BCUT2D eigenvalue weighted by Crippen LogP contribution is -2.27. The van der Waals surface area contributed by atoms with Gasteiger partial charge in [0.25, 0.3) is 0 Å². The van der Waals surface area contributed by atoms with Gasteiger partial charge in [0.2, 0.25) is 11.9 Å². The summed E-state index contributed by atoms with van der Waals surface area (Å²) in [7, 11) is 0. The molecule has 0 radical (unpaired) electrons. The van der Waals surface area contributed by atoms with Crippen LogP contribution in [0.15, 0.2) is 23.4 Å². The number of nitrogens with two attached hydrogens (primary N) is 1. The topological polar surface area (TPSA) is 85.8 Å². The molecule has 0 aliphatic heterocycles. The largest absolute Gasteiger partial charge is 0.368 e. The van der Waals surface area contributed by atoms with Crippen molar-refractivity contribution in [1.29, 1.82) is 0 Å². The number of aromatic nitrogens is 3. The number of carbonyl (C=O) groups excluding carboxylic acids is 1. The van der Waals surface area contributed by atoms with Crippen molar-refractivity contribution in [3.63, 3.8) is 0 Å². The fourth-order valence-corrected chi connectivity index (χ4v) is 3.06. The standard InChI is InChI=1S/C16H23N5OS/c1-5-13(21-15(17)19-20-16(21)23-6-2)14(22)18-12-8-7-10(3)11(4)9-12/h7-9,13H,5-6H2,1-4H3,(H2,17,19)(H,18,22). The van der Waals surface area contributed by atoms with E-state index in [1.807, 2.05) is 45.9 Å². The molecule has 1 unspecified atom stereocenters. The third-order valence-electron chi connectivity index (χ3n) is 3.74. The number of hydrogen-bond donors (Lipinski definition) is 2. The van der Waals surface area contributed by atoms with Crippen molar-refractivity contribution >= 4 is 29.3 Å². The number of thioether (sulfide) groups is 1. The van der Waals surface area contributed by atoms with Gasteiger partial charge in [-0.15, -0.1) is 10.2 Å². The molecule has 0 fully saturated rings. The minimum atomic E-state index is -0.430. The van der Waals surface area contributed by atoms with Crippen molar-refractivity contribution < 1.29 is 4.79 Å². The van der Waals surface area contributed by atoms with Crippen molar-refractivity contribution in [2.24, 2.45) is 0 Å². The normalized spacial score (nSPS) is 12.2. The van der Waals surface area contributed by atoms with Gasteiger partial charge in [0.1, 0.15) is 6.04 Å². The lowest BCUT2D eigenvalue weighted by Gasteiger charge is -2.19. The van der Waals surface area contributed by atoms with Crippen molar-refractivity contribution in [2.45, 2.75) is 45.3 Å². The van der Waals surface area contributed by atoms with Crippen LogP contribution in [-0.4, -0.2) is 26.4 Å². The van der Waals surface area contributed by atoms with Gasteiger partial charge in [-0.3, -0.25) is 9.36 Å². The number of carbonyl (C=O) groups is 1. The quantitative estimate of drug-likeness (QED) is 0.793. The van der Waals surface area contributed by atoms with Crippen LogP contribution in [0.25, 0.3) is 0 Å². The Morgan fingerprint density at radius 2 is 2.04 bits per heavy atom. The molecule has 1 atom stereocenters. The number of benzene rings is 1. The van der Waals surface area contributed by atoms with E-state index < -0.39 is 6.04 Å². The SMILES string of the molecule is CCSc1nnc(N)n1C(CC)C(=O)Nc1ccc(C)c(C)c1. The van der Waals surface area contributed by atoms with Crippen molar-refractivity contribution in [3.05, 3.63) is 29.3 Å². The zero-order valence-electron chi connectivity index (χ0n) is 14.0. The summed E-state index contributed by atoms with van der Waals surface area (Å²) in [5, 5.41) is 11.6. The maximum absolute atomic E-state index is 12.7. The Morgan fingerprint density at radius 3 is 2.65 bits per heavy atom.